The van der Waals surface area contributed by atoms with Crippen LogP contribution in [0.5, 0.6) is 5.75 Å². The lowest BCUT2D eigenvalue weighted by atomic mass is 10.1. The Hall–Kier alpha value is -3.61. The molecule has 1 aliphatic rings. The van der Waals surface area contributed by atoms with Gasteiger partial charge in [-0.1, -0.05) is 18.2 Å². The molecule has 0 spiro atoms. The van der Waals surface area contributed by atoms with Crippen molar-refractivity contribution in [2.24, 2.45) is 5.92 Å². The highest BCUT2D eigenvalue weighted by atomic mass is 16.5. The topological polar surface area (TPSA) is 85.2 Å². The second kappa shape index (κ2) is 7.56. The van der Waals surface area contributed by atoms with Crippen molar-refractivity contribution in [2.75, 3.05) is 7.11 Å². The molecular weight excluding hydrogens is 356 g/mol. The number of ether oxygens (including phenoxy) is 1. The Kier molecular flexibility index (Phi) is 4.80. The van der Waals surface area contributed by atoms with Crippen LogP contribution >= 0.6 is 0 Å². The number of para-hydroxylation sites is 1. The maximum Gasteiger partial charge on any atom is 0.290 e. The molecule has 1 fully saturated rings. The van der Waals surface area contributed by atoms with Crippen molar-refractivity contribution in [1.29, 1.82) is 0 Å². The van der Waals surface area contributed by atoms with Gasteiger partial charge in [-0.2, -0.15) is 5.10 Å². The van der Waals surface area contributed by atoms with Crippen molar-refractivity contribution < 1.29 is 14.3 Å². The Morgan fingerprint density at radius 3 is 2.39 bits per heavy atom. The summed E-state index contributed by atoms with van der Waals surface area (Å²) in [6.07, 6.45) is 1.73. The number of rotatable bonds is 5. The third kappa shape index (κ3) is 3.73. The zero-order valence-electron chi connectivity index (χ0n) is 15.4. The number of benzene rings is 2. The first kappa shape index (κ1) is 17.8. The predicted octanol–water partition coefficient (Wildman–Crippen LogP) is 2.72. The zero-order chi connectivity index (χ0) is 19.5. The largest absolute Gasteiger partial charge is 0.497 e. The van der Waals surface area contributed by atoms with Crippen LogP contribution in [-0.2, 0) is 4.79 Å². The van der Waals surface area contributed by atoms with Crippen molar-refractivity contribution >= 4 is 11.8 Å². The second-order valence-corrected chi connectivity index (χ2v) is 6.61. The van der Waals surface area contributed by atoms with Gasteiger partial charge in [-0.3, -0.25) is 20.4 Å². The molecule has 7 nitrogen and oxygen atoms in total. The maximum absolute atomic E-state index is 12.5. The van der Waals surface area contributed by atoms with E-state index in [2.05, 4.69) is 16.0 Å². The summed E-state index contributed by atoms with van der Waals surface area (Å²) in [5.74, 6) is 0.136. The average molecular weight is 376 g/mol. The van der Waals surface area contributed by atoms with Crippen LogP contribution in [0.25, 0.3) is 16.9 Å². The van der Waals surface area contributed by atoms with E-state index in [0.29, 0.717) is 0 Å². The SMILES string of the molecule is COc1ccc(-c2cc(C(=O)NNC(=O)C3CC3)nn2-c2ccccc2)cc1. The summed E-state index contributed by atoms with van der Waals surface area (Å²) in [4.78, 5) is 24.3. The van der Waals surface area contributed by atoms with Crippen LogP contribution in [0.15, 0.2) is 60.7 Å². The van der Waals surface area contributed by atoms with Gasteiger partial charge in [0.05, 0.1) is 18.5 Å². The fourth-order valence-corrected chi connectivity index (χ4v) is 2.86. The van der Waals surface area contributed by atoms with Gasteiger partial charge in [0, 0.05) is 11.5 Å². The second-order valence-electron chi connectivity index (χ2n) is 6.61. The Labute approximate surface area is 162 Å². The van der Waals surface area contributed by atoms with E-state index in [1.54, 1.807) is 17.9 Å². The number of aromatic nitrogens is 2. The van der Waals surface area contributed by atoms with Crippen LogP contribution in [0.1, 0.15) is 23.3 Å². The van der Waals surface area contributed by atoms with Crippen molar-refractivity contribution in [1.82, 2.24) is 20.6 Å². The molecule has 7 heteroatoms. The van der Waals surface area contributed by atoms with Crippen molar-refractivity contribution in [2.45, 2.75) is 12.8 Å². The minimum absolute atomic E-state index is 0.0111. The lowest BCUT2D eigenvalue weighted by Gasteiger charge is -2.08. The lowest BCUT2D eigenvalue weighted by molar-refractivity contribution is -0.123. The van der Waals surface area contributed by atoms with Crippen LogP contribution in [0.2, 0.25) is 0 Å². The molecule has 2 amide bonds. The summed E-state index contributed by atoms with van der Waals surface area (Å²) < 4.78 is 6.92. The maximum atomic E-state index is 12.5. The first-order chi connectivity index (χ1) is 13.7. The first-order valence-electron chi connectivity index (χ1n) is 9.06. The fraction of sp³-hybridized carbons (Fsp3) is 0.190. The number of nitrogens with zero attached hydrogens (tertiary/aromatic N) is 2. The quantitative estimate of drug-likeness (QED) is 0.671. The third-order valence-corrected chi connectivity index (χ3v) is 4.58. The molecule has 2 N–H and O–H groups in total. The Balaban J connectivity index is 1.65. The molecule has 0 atom stereocenters. The van der Waals surface area contributed by atoms with E-state index in [1.165, 1.54) is 0 Å². The Bertz CT molecular complexity index is 992. The molecule has 1 heterocycles. The molecule has 28 heavy (non-hydrogen) atoms. The van der Waals surface area contributed by atoms with Gasteiger partial charge < -0.3 is 4.74 Å². The molecule has 142 valence electrons. The highest BCUT2D eigenvalue weighted by Crippen LogP contribution is 2.28. The number of hydrogen-bond donors (Lipinski definition) is 2. The third-order valence-electron chi connectivity index (χ3n) is 4.58. The van der Waals surface area contributed by atoms with E-state index >= 15 is 0 Å². The number of carbonyl (C=O) groups is 2. The van der Waals surface area contributed by atoms with Crippen molar-refractivity contribution in [3.8, 4) is 22.7 Å². The highest BCUT2D eigenvalue weighted by molar-refractivity contribution is 5.95. The van der Waals surface area contributed by atoms with E-state index in [1.807, 2.05) is 54.6 Å². The van der Waals surface area contributed by atoms with Crippen LogP contribution in [0.3, 0.4) is 0 Å². The van der Waals surface area contributed by atoms with Crippen LogP contribution in [0.4, 0.5) is 0 Å². The van der Waals surface area contributed by atoms with E-state index in [-0.39, 0.29) is 17.5 Å². The Morgan fingerprint density at radius 2 is 1.75 bits per heavy atom. The number of amides is 2. The lowest BCUT2D eigenvalue weighted by Crippen LogP contribution is -2.42. The molecule has 4 rings (SSSR count). The van der Waals surface area contributed by atoms with Crippen LogP contribution in [-0.4, -0.2) is 28.7 Å². The number of methoxy groups -OCH3 is 1. The zero-order valence-corrected chi connectivity index (χ0v) is 15.4. The molecule has 0 radical (unpaired) electrons. The average Bonchev–Trinajstić information content (AvgIpc) is 3.51. The summed E-state index contributed by atoms with van der Waals surface area (Å²) in [7, 11) is 1.61. The smallest absolute Gasteiger partial charge is 0.290 e. The molecule has 1 aliphatic carbocycles. The number of hydrogen-bond acceptors (Lipinski definition) is 4. The summed E-state index contributed by atoms with van der Waals surface area (Å²) in [6, 6.07) is 18.8. The molecule has 2 aromatic carbocycles. The fourth-order valence-electron chi connectivity index (χ4n) is 2.86. The van der Waals surface area contributed by atoms with Crippen LogP contribution < -0.4 is 15.6 Å². The molecular formula is C21H20N4O3. The summed E-state index contributed by atoms with van der Waals surface area (Å²) in [6.45, 7) is 0. The first-order valence-corrected chi connectivity index (χ1v) is 9.06. The van der Waals surface area contributed by atoms with Gasteiger partial charge in [0.15, 0.2) is 5.69 Å². The van der Waals surface area contributed by atoms with Crippen LogP contribution in [0, 0.1) is 5.92 Å². The molecule has 1 saturated carbocycles. The van der Waals surface area contributed by atoms with Gasteiger partial charge in [0.1, 0.15) is 5.75 Å². The van der Waals surface area contributed by atoms with Gasteiger partial charge >= 0.3 is 0 Å². The van der Waals surface area contributed by atoms with Gasteiger partial charge in [-0.25, -0.2) is 4.68 Å². The van der Waals surface area contributed by atoms with Crippen molar-refractivity contribution in [3.63, 3.8) is 0 Å². The van der Waals surface area contributed by atoms with E-state index in [9.17, 15) is 9.59 Å². The molecule has 1 aromatic heterocycles. The summed E-state index contributed by atoms with van der Waals surface area (Å²) >= 11 is 0. The summed E-state index contributed by atoms with van der Waals surface area (Å²) in [5.41, 5.74) is 7.60. The number of hydrazine groups is 1. The highest BCUT2D eigenvalue weighted by Gasteiger charge is 2.30. The normalized spacial score (nSPS) is 13.0. The van der Waals surface area contributed by atoms with Gasteiger partial charge in [0.25, 0.3) is 5.91 Å². The van der Waals surface area contributed by atoms with Gasteiger partial charge in [-0.15, -0.1) is 0 Å². The Morgan fingerprint density at radius 1 is 1.04 bits per heavy atom. The minimum Gasteiger partial charge on any atom is -0.497 e. The molecule has 3 aromatic rings. The van der Waals surface area contributed by atoms with E-state index in [4.69, 9.17) is 4.74 Å². The monoisotopic (exact) mass is 376 g/mol. The standard InChI is InChI=1S/C21H20N4O3/c1-28-17-11-9-14(10-12-17)19-13-18(21(27)23-22-20(26)15-7-8-15)24-25(19)16-5-3-2-4-6-16/h2-6,9-13,15H,7-8H2,1H3,(H,22,26)(H,23,27). The number of nitrogens with one attached hydrogen (secondary N) is 2. The van der Waals surface area contributed by atoms with Gasteiger partial charge in [0.2, 0.25) is 5.91 Å². The summed E-state index contributed by atoms with van der Waals surface area (Å²) in [5, 5.41) is 4.46. The van der Waals surface area contributed by atoms with Crippen molar-refractivity contribution in [3.05, 3.63) is 66.4 Å². The molecule has 0 unspecified atom stereocenters. The van der Waals surface area contributed by atoms with E-state index in [0.717, 1.165) is 35.5 Å². The van der Waals surface area contributed by atoms with E-state index < -0.39 is 5.91 Å². The number of carbonyl (C=O) groups excluding carboxylic acids is 2. The molecule has 0 aliphatic heterocycles. The predicted molar refractivity (Wildman–Crippen MR) is 104 cm³/mol. The molecule has 0 bridgehead atoms. The molecule has 0 saturated heterocycles. The van der Waals surface area contributed by atoms with Gasteiger partial charge in [-0.05, 0) is 55.3 Å². The minimum atomic E-state index is -0.460.